The van der Waals surface area contributed by atoms with Gasteiger partial charge in [0.15, 0.2) is 0 Å². The number of piperidine rings is 2. The van der Waals surface area contributed by atoms with Gasteiger partial charge in [0.1, 0.15) is 11.5 Å². The predicted octanol–water partition coefficient (Wildman–Crippen LogP) is 2.22. The molecular weight excluding hydrogens is 459 g/mol. The number of carbonyl (C=O) groups is 1. The Morgan fingerprint density at radius 1 is 1.09 bits per heavy atom. The van der Waals surface area contributed by atoms with E-state index in [9.17, 15) is 22.4 Å². The lowest BCUT2D eigenvalue weighted by Crippen LogP contribution is -2.53. The minimum Gasteiger partial charge on any atom is -0.343 e. The molecule has 2 aromatic rings. The van der Waals surface area contributed by atoms with Gasteiger partial charge in [0, 0.05) is 57.3 Å². The van der Waals surface area contributed by atoms with E-state index in [1.54, 1.807) is 11.5 Å². The second-order valence-electron chi connectivity index (χ2n) is 9.64. The van der Waals surface area contributed by atoms with Gasteiger partial charge in [0.2, 0.25) is 5.91 Å². The molecule has 34 heavy (non-hydrogen) atoms. The maximum atomic E-state index is 13.5. The lowest BCUT2D eigenvalue weighted by atomic mass is 9.82. The van der Waals surface area contributed by atoms with Crippen LogP contribution in [0.3, 0.4) is 0 Å². The number of anilines is 1. The van der Waals surface area contributed by atoms with Gasteiger partial charge >= 0.3 is 0 Å². The fourth-order valence-corrected chi connectivity index (χ4v) is 6.83. The standard InChI is InChI=1S/C24H29FN4O4S/c1-16(30)27-9-7-20(8-10-27)28-13-17-11-18(15-28)23-6-5-22(24(31)29(23)14-17)26-34(32,33)21-4-2-3-19(25)12-21/h2-6,12,17-18,20,26H,7-11,13-15H2,1H3/t17-,18+/m0/s1. The van der Waals surface area contributed by atoms with Gasteiger partial charge < -0.3 is 9.47 Å². The van der Waals surface area contributed by atoms with Crippen LogP contribution in [0.5, 0.6) is 0 Å². The molecule has 5 rings (SSSR count). The van der Waals surface area contributed by atoms with Crippen LogP contribution in [-0.2, 0) is 21.4 Å². The summed E-state index contributed by atoms with van der Waals surface area (Å²) in [5, 5.41) is 0. The number of hydrogen-bond acceptors (Lipinski definition) is 5. The molecule has 2 atom stereocenters. The Labute approximate surface area is 198 Å². The minimum absolute atomic E-state index is 0.0264. The molecule has 2 saturated heterocycles. The zero-order chi connectivity index (χ0) is 24.0. The van der Waals surface area contributed by atoms with Crippen molar-refractivity contribution < 1.29 is 17.6 Å². The van der Waals surface area contributed by atoms with Gasteiger partial charge in [-0.25, -0.2) is 12.8 Å². The Kier molecular flexibility index (Phi) is 5.97. The summed E-state index contributed by atoms with van der Waals surface area (Å²) in [5.41, 5.74) is 0.540. The predicted molar refractivity (Wildman–Crippen MR) is 126 cm³/mol. The molecular formula is C24H29FN4O4S. The maximum Gasteiger partial charge on any atom is 0.275 e. The number of pyridine rings is 1. The Balaban J connectivity index is 1.34. The van der Waals surface area contributed by atoms with Crippen LogP contribution in [-0.4, -0.2) is 60.9 Å². The minimum atomic E-state index is -4.08. The molecule has 8 nitrogen and oxygen atoms in total. The zero-order valence-electron chi connectivity index (χ0n) is 19.1. The first kappa shape index (κ1) is 23.0. The molecule has 3 aliphatic rings. The highest BCUT2D eigenvalue weighted by atomic mass is 32.2. The summed E-state index contributed by atoms with van der Waals surface area (Å²) in [5.74, 6) is -0.00902. The van der Waals surface area contributed by atoms with Crippen molar-refractivity contribution in [3.63, 3.8) is 0 Å². The number of nitrogens with zero attached hydrogens (tertiary/aromatic N) is 3. The van der Waals surface area contributed by atoms with Crippen molar-refractivity contribution in [1.29, 1.82) is 0 Å². The number of carbonyl (C=O) groups excluding carboxylic acids is 1. The van der Waals surface area contributed by atoms with Crippen LogP contribution in [0, 0.1) is 11.7 Å². The van der Waals surface area contributed by atoms with E-state index in [1.165, 1.54) is 24.3 Å². The highest BCUT2D eigenvalue weighted by Crippen LogP contribution is 2.37. The van der Waals surface area contributed by atoms with Crippen LogP contribution in [0.2, 0.25) is 0 Å². The second kappa shape index (κ2) is 8.81. The molecule has 0 radical (unpaired) electrons. The van der Waals surface area contributed by atoms with E-state index in [2.05, 4.69) is 9.62 Å². The van der Waals surface area contributed by atoms with E-state index < -0.39 is 15.8 Å². The summed E-state index contributed by atoms with van der Waals surface area (Å²) in [6, 6.07) is 8.52. The van der Waals surface area contributed by atoms with E-state index in [-0.39, 0.29) is 28.0 Å². The normalized spacial score (nSPS) is 23.4. The smallest absolute Gasteiger partial charge is 0.275 e. The number of fused-ring (bicyclic) bond motifs is 4. The highest BCUT2D eigenvalue weighted by molar-refractivity contribution is 7.92. The Bertz CT molecular complexity index is 1270. The molecule has 0 unspecified atom stereocenters. The van der Waals surface area contributed by atoms with Crippen molar-refractivity contribution in [3.05, 3.63) is 58.3 Å². The number of amides is 1. The maximum absolute atomic E-state index is 13.5. The van der Waals surface area contributed by atoms with E-state index >= 15 is 0 Å². The van der Waals surface area contributed by atoms with Crippen molar-refractivity contribution in [2.75, 3.05) is 30.9 Å². The number of sulfonamides is 1. The third-order valence-corrected chi connectivity index (χ3v) is 8.77. The molecule has 3 aliphatic heterocycles. The first-order valence-corrected chi connectivity index (χ1v) is 13.2. The van der Waals surface area contributed by atoms with E-state index in [4.69, 9.17) is 0 Å². The summed E-state index contributed by atoms with van der Waals surface area (Å²) >= 11 is 0. The molecule has 10 heteroatoms. The van der Waals surface area contributed by atoms with Crippen LogP contribution >= 0.6 is 0 Å². The first-order valence-electron chi connectivity index (χ1n) is 11.7. The molecule has 4 heterocycles. The van der Waals surface area contributed by atoms with Crippen molar-refractivity contribution in [1.82, 2.24) is 14.4 Å². The number of benzene rings is 1. The molecule has 0 spiro atoms. The molecule has 2 bridgehead atoms. The molecule has 2 fully saturated rings. The topological polar surface area (TPSA) is 91.7 Å². The summed E-state index contributed by atoms with van der Waals surface area (Å²) in [7, 11) is -4.08. The quantitative estimate of drug-likeness (QED) is 0.713. The molecule has 1 amide bonds. The van der Waals surface area contributed by atoms with Gasteiger partial charge in [-0.2, -0.15) is 0 Å². The Morgan fingerprint density at radius 2 is 1.85 bits per heavy atom. The van der Waals surface area contributed by atoms with Gasteiger partial charge in [-0.15, -0.1) is 0 Å². The molecule has 1 N–H and O–H groups in total. The van der Waals surface area contributed by atoms with Gasteiger partial charge in [-0.1, -0.05) is 6.07 Å². The zero-order valence-corrected chi connectivity index (χ0v) is 19.9. The number of aromatic nitrogens is 1. The summed E-state index contributed by atoms with van der Waals surface area (Å²) in [6.07, 6.45) is 2.94. The summed E-state index contributed by atoms with van der Waals surface area (Å²) in [4.78, 5) is 29.1. The monoisotopic (exact) mass is 488 g/mol. The van der Waals surface area contributed by atoms with Gasteiger partial charge in [0.25, 0.3) is 15.6 Å². The van der Waals surface area contributed by atoms with E-state index in [0.717, 1.165) is 57.2 Å². The van der Waals surface area contributed by atoms with Crippen LogP contribution < -0.4 is 10.3 Å². The highest BCUT2D eigenvalue weighted by Gasteiger charge is 2.38. The number of rotatable bonds is 4. The lowest BCUT2D eigenvalue weighted by molar-refractivity contribution is -0.130. The number of hydrogen-bond donors (Lipinski definition) is 1. The van der Waals surface area contributed by atoms with Gasteiger partial charge in [-0.05, 0) is 55.5 Å². The SMILES string of the molecule is CC(=O)N1CCC(N2C[C@@H]3C[C@H](C2)c2ccc(NS(=O)(=O)c4cccc(F)c4)c(=O)n2C3)CC1. The molecule has 182 valence electrons. The fourth-order valence-electron chi connectivity index (χ4n) is 5.74. The average Bonchev–Trinajstić information content (AvgIpc) is 2.81. The number of halogens is 1. The van der Waals surface area contributed by atoms with Crippen LogP contribution in [0.4, 0.5) is 10.1 Å². The third kappa shape index (κ3) is 4.36. The summed E-state index contributed by atoms with van der Waals surface area (Å²) < 4.78 is 43.0. The molecule has 0 saturated carbocycles. The van der Waals surface area contributed by atoms with E-state index in [0.29, 0.717) is 18.5 Å². The third-order valence-electron chi connectivity index (χ3n) is 7.41. The van der Waals surface area contributed by atoms with Crippen molar-refractivity contribution >= 4 is 21.6 Å². The first-order chi connectivity index (χ1) is 16.2. The molecule has 1 aromatic heterocycles. The van der Waals surface area contributed by atoms with Gasteiger partial charge in [0.05, 0.1) is 4.90 Å². The van der Waals surface area contributed by atoms with Crippen molar-refractivity contribution in [2.24, 2.45) is 5.92 Å². The molecule has 1 aromatic carbocycles. The lowest BCUT2D eigenvalue weighted by Gasteiger charge is -2.47. The second-order valence-corrected chi connectivity index (χ2v) is 11.3. The Morgan fingerprint density at radius 3 is 2.56 bits per heavy atom. The van der Waals surface area contributed by atoms with Crippen LogP contribution in [0.15, 0.2) is 46.1 Å². The van der Waals surface area contributed by atoms with Crippen LogP contribution in [0.1, 0.15) is 37.8 Å². The average molecular weight is 489 g/mol. The molecule has 0 aliphatic carbocycles. The fraction of sp³-hybridized carbons (Fsp3) is 0.500. The van der Waals surface area contributed by atoms with Crippen molar-refractivity contribution in [3.8, 4) is 0 Å². The van der Waals surface area contributed by atoms with Crippen molar-refractivity contribution in [2.45, 2.75) is 49.6 Å². The van der Waals surface area contributed by atoms with E-state index in [1.807, 2.05) is 11.0 Å². The summed E-state index contributed by atoms with van der Waals surface area (Å²) in [6.45, 7) is 5.49. The van der Waals surface area contributed by atoms with Gasteiger partial charge in [-0.3, -0.25) is 19.2 Å². The van der Waals surface area contributed by atoms with Crippen LogP contribution in [0.25, 0.3) is 0 Å². The number of likely N-dealkylation sites (tertiary alicyclic amines) is 2. The number of nitrogens with one attached hydrogen (secondary N) is 1. The largest absolute Gasteiger partial charge is 0.343 e. The Hall–Kier alpha value is -2.72.